The SMILES string of the molecule is COCC(N)C(=O)Nc1cccc(CC(F)(F)F)c1. The van der Waals surface area contributed by atoms with Gasteiger partial charge in [-0.2, -0.15) is 13.2 Å². The molecular formula is C12H15F3N2O2. The first kappa shape index (κ1) is 15.5. The van der Waals surface area contributed by atoms with E-state index >= 15 is 0 Å². The van der Waals surface area contributed by atoms with Gasteiger partial charge in [0.15, 0.2) is 0 Å². The van der Waals surface area contributed by atoms with Crippen LogP contribution in [-0.4, -0.2) is 31.8 Å². The number of benzene rings is 1. The van der Waals surface area contributed by atoms with Crippen LogP contribution in [0.15, 0.2) is 24.3 Å². The molecule has 3 N–H and O–H groups in total. The fourth-order valence-electron chi connectivity index (χ4n) is 1.48. The Bertz CT molecular complexity index is 435. The Morgan fingerprint density at radius 3 is 2.74 bits per heavy atom. The van der Waals surface area contributed by atoms with E-state index < -0.39 is 24.5 Å². The summed E-state index contributed by atoms with van der Waals surface area (Å²) >= 11 is 0. The van der Waals surface area contributed by atoms with Gasteiger partial charge in [-0.3, -0.25) is 4.79 Å². The number of carbonyl (C=O) groups excluding carboxylic acids is 1. The highest BCUT2D eigenvalue weighted by Crippen LogP contribution is 2.22. The van der Waals surface area contributed by atoms with Crippen LogP contribution in [0.1, 0.15) is 5.56 Å². The van der Waals surface area contributed by atoms with Gasteiger partial charge in [-0.05, 0) is 17.7 Å². The van der Waals surface area contributed by atoms with Gasteiger partial charge in [-0.25, -0.2) is 0 Å². The van der Waals surface area contributed by atoms with Gasteiger partial charge in [-0.15, -0.1) is 0 Å². The van der Waals surface area contributed by atoms with E-state index in [1.54, 1.807) is 0 Å². The van der Waals surface area contributed by atoms with Crippen molar-refractivity contribution in [2.45, 2.75) is 18.6 Å². The minimum atomic E-state index is -4.28. The largest absolute Gasteiger partial charge is 0.393 e. The van der Waals surface area contributed by atoms with Gasteiger partial charge in [0.25, 0.3) is 0 Å². The van der Waals surface area contributed by atoms with Crippen molar-refractivity contribution in [3.05, 3.63) is 29.8 Å². The molecule has 0 fully saturated rings. The second-order valence-corrected chi connectivity index (χ2v) is 4.04. The number of hydrogen-bond acceptors (Lipinski definition) is 3. The number of rotatable bonds is 5. The number of methoxy groups -OCH3 is 1. The van der Waals surface area contributed by atoms with Gasteiger partial charge < -0.3 is 15.8 Å². The molecule has 0 spiro atoms. The predicted octanol–water partition coefficient (Wildman–Crippen LogP) is 1.70. The molecule has 4 nitrogen and oxygen atoms in total. The van der Waals surface area contributed by atoms with E-state index in [0.29, 0.717) is 0 Å². The topological polar surface area (TPSA) is 64.3 Å². The minimum Gasteiger partial charge on any atom is -0.383 e. The molecule has 1 unspecified atom stereocenters. The van der Waals surface area contributed by atoms with Gasteiger partial charge in [0.05, 0.1) is 13.0 Å². The summed E-state index contributed by atoms with van der Waals surface area (Å²) in [5, 5.41) is 2.44. The molecule has 1 rings (SSSR count). The zero-order valence-corrected chi connectivity index (χ0v) is 10.3. The first-order valence-electron chi connectivity index (χ1n) is 5.53. The number of hydrogen-bond donors (Lipinski definition) is 2. The molecule has 0 saturated carbocycles. The maximum Gasteiger partial charge on any atom is 0.393 e. The Kier molecular flexibility index (Phi) is 5.31. The predicted molar refractivity (Wildman–Crippen MR) is 64.7 cm³/mol. The third kappa shape index (κ3) is 5.71. The number of amides is 1. The lowest BCUT2D eigenvalue weighted by molar-refractivity contribution is -0.127. The molecule has 0 aliphatic carbocycles. The molecule has 0 aliphatic heterocycles. The molecule has 19 heavy (non-hydrogen) atoms. The Morgan fingerprint density at radius 1 is 1.47 bits per heavy atom. The maximum atomic E-state index is 12.2. The third-order valence-corrected chi connectivity index (χ3v) is 2.28. The molecule has 1 atom stereocenters. The summed E-state index contributed by atoms with van der Waals surface area (Å²) in [6.45, 7) is 0.0358. The highest BCUT2D eigenvalue weighted by atomic mass is 19.4. The molecule has 0 aliphatic rings. The van der Waals surface area contributed by atoms with Gasteiger partial charge >= 0.3 is 6.18 Å². The third-order valence-electron chi connectivity index (χ3n) is 2.28. The molecule has 106 valence electrons. The number of anilines is 1. The Hall–Kier alpha value is -1.60. The van der Waals surface area contributed by atoms with E-state index in [0.717, 1.165) is 0 Å². The first-order chi connectivity index (χ1) is 8.81. The van der Waals surface area contributed by atoms with Crippen molar-refractivity contribution in [3.63, 3.8) is 0 Å². The molecule has 1 amide bonds. The summed E-state index contributed by atoms with van der Waals surface area (Å²) in [5.74, 6) is -0.508. The van der Waals surface area contributed by atoms with Crippen molar-refractivity contribution in [2.24, 2.45) is 5.73 Å². The van der Waals surface area contributed by atoms with Crippen LogP contribution in [0.2, 0.25) is 0 Å². The summed E-state index contributed by atoms with van der Waals surface area (Å²) in [7, 11) is 1.40. The molecule has 0 aromatic heterocycles. The van der Waals surface area contributed by atoms with E-state index in [4.69, 9.17) is 10.5 Å². The molecule has 0 heterocycles. The molecular weight excluding hydrogens is 261 g/mol. The smallest absolute Gasteiger partial charge is 0.383 e. The van der Waals surface area contributed by atoms with E-state index in [1.807, 2.05) is 0 Å². The second-order valence-electron chi connectivity index (χ2n) is 4.04. The quantitative estimate of drug-likeness (QED) is 0.860. The normalized spacial score (nSPS) is 13.1. The van der Waals surface area contributed by atoms with Crippen LogP contribution in [0, 0.1) is 0 Å². The number of nitrogens with two attached hydrogens (primary N) is 1. The lowest BCUT2D eigenvalue weighted by atomic mass is 10.1. The van der Waals surface area contributed by atoms with Crippen LogP contribution in [0.5, 0.6) is 0 Å². The summed E-state index contributed by atoms with van der Waals surface area (Å²) in [6, 6.07) is 4.69. The summed E-state index contributed by atoms with van der Waals surface area (Å²) in [6.07, 6.45) is -5.32. The van der Waals surface area contributed by atoms with Crippen molar-refractivity contribution in [1.29, 1.82) is 0 Å². The average molecular weight is 276 g/mol. The standard InChI is InChI=1S/C12H15F3N2O2/c1-19-7-10(16)11(18)17-9-4-2-3-8(5-9)6-12(13,14)15/h2-5,10H,6-7,16H2,1H3,(H,17,18). The van der Waals surface area contributed by atoms with Crippen molar-refractivity contribution in [1.82, 2.24) is 0 Å². The summed E-state index contributed by atoms with van der Waals surface area (Å²) < 4.78 is 41.4. The molecule has 0 bridgehead atoms. The zero-order chi connectivity index (χ0) is 14.5. The highest BCUT2D eigenvalue weighted by Gasteiger charge is 2.27. The fraction of sp³-hybridized carbons (Fsp3) is 0.417. The summed E-state index contributed by atoms with van der Waals surface area (Å²) in [4.78, 5) is 11.6. The number of ether oxygens (including phenoxy) is 1. The highest BCUT2D eigenvalue weighted by molar-refractivity contribution is 5.94. The lowest BCUT2D eigenvalue weighted by Gasteiger charge is -2.12. The molecule has 1 aromatic rings. The molecule has 0 radical (unpaired) electrons. The Labute approximate surface area is 108 Å². The lowest BCUT2D eigenvalue weighted by Crippen LogP contribution is -2.39. The average Bonchev–Trinajstić information content (AvgIpc) is 2.27. The fourth-order valence-corrected chi connectivity index (χ4v) is 1.48. The van der Waals surface area contributed by atoms with E-state index in [9.17, 15) is 18.0 Å². The van der Waals surface area contributed by atoms with Crippen LogP contribution in [-0.2, 0) is 16.0 Å². The van der Waals surface area contributed by atoms with Crippen molar-refractivity contribution in [2.75, 3.05) is 19.0 Å². The van der Waals surface area contributed by atoms with E-state index in [-0.39, 0.29) is 17.9 Å². The Morgan fingerprint density at radius 2 is 2.16 bits per heavy atom. The maximum absolute atomic E-state index is 12.2. The molecule has 0 saturated heterocycles. The number of carbonyl (C=O) groups is 1. The van der Waals surface area contributed by atoms with Crippen LogP contribution >= 0.6 is 0 Å². The molecule has 1 aromatic carbocycles. The van der Waals surface area contributed by atoms with Crippen LogP contribution < -0.4 is 11.1 Å². The van der Waals surface area contributed by atoms with Crippen LogP contribution in [0.3, 0.4) is 0 Å². The Balaban J connectivity index is 2.69. The first-order valence-corrected chi connectivity index (χ1v) is 5.53. The van der Waals surface area contributed by atoms with Crippen molar-refractivity contribution in [3.8, 4) is 0 Å². The van der Waals surface area contributed by atoms with Crippen molar-refractivity contribution >= 4 is 11.6 Å². The monoisotopic (exact) mass is 276 g/mol. The molecule has 7 heteroatoms. The number of alkyl halides is 3. The second kappa shape index (κ2) is 6.53. The van der Waals surface area contributed by atoms with Crippen molar-refractivity contribution < 1.29 is 22.7 Å². The summed E-state index contributed by atoms with van der Waals surface area (Å²) in [5.41, 5.74) is 5.85. The zero-order valence-electron chi connectivity index (χ0n) is 10.3. The van der Waals surface area contributed by atoms with Gasteiger partial charge in [0.1, 0.15) is 6.04 Å². The van der Waals surface area contributed by atoms with Gasteiger partial charge in [-0.1, -0.05) is 12.1 Å². The minimum absolute atomic E-state index is 0.0358. The van der Waals surface area contributed by atoms with Gasteiger partial charge in [0.2, 0.25) is 5.91 Å². The van der Waals surface area contributed by atoms with E-state index in [1.165, 1.54) is 31.4 Å². The van der Waals surface area contributed by atoms with Crippen LogP contribution in [0.4, 0.5) is 18.9 Å². The number of halogens is 3. The van der Waals surface area contributed by atoms with Gasteiger partial charge in [0, 0.05) is 12.8 Å². The number of nitrogens with one attached hydrogen (secondary N) is 1. The van der Waals surface area contributed by atoms with E-state index in [2.05, 4.69) is 5.32 Å². The van der Waals surface area contributed by atoms with Crippen LogP contribution in [0.25, 0.3) is 0 Å².